The van der Waals surface area contributed by atoms with E-state index >= 15 is 0 Å². The minimum Gasteiger partial charge on any atom is -0.494 e. The van der Waals surface area contributed by atoms with Gasteiger partial charge in [0.05, 0.1) is 24.6 Å². The highest BCUT2D eigenvalue weighted by atomic mass is 16.5. The number of benzene rings is 1. The fourth-order valence-electron chi connectivity index (χ4n) is 1.48. The molecule has 0 spiro atoms. The Morgan fingerprint density at radius 3 is 2.87 bits per heavy atom. The predicted molar refractivity (Wildman–Crippen MR) is 58.0 cm³/mol. The zero-order valence-corrected chi connectivity index (χ0v) is 8.65. The molecule has 0 bridgehead atoms. The quantitative estimate of drug-likeness (QED) is 0.833. The molecule has 0 unspecified atom stereocenters. The summed E-state index contributed by atoms with van der Waals surface area (Å²) < 4.78 is 10.6. The first-order valence-electron chi connectivity index (χ1n) is 4.61. The van der Waals surface area contributed by atoms with E-state index in [4.69, 9.17) is 9.15 Å². The van der Waals surface area contributed by atoms with Crippen LogP contribution in [0.5, 0.6) is 5.75 Å². The summed E-state index contributed by atoms with van der Waals surface area (Å²) in [7, 11) is 3.47. The molecule has 0 aliphatic heterocycles. The van der Waals surface area contributed by atoms with Crippen LogP contribution < -0.4 is 10.1 Å². The molecule has 1 heterocycles. The third-order valence-electron chi connectivity index (χ3n) is 2.15. The van der Waals surface area contributed by atoms with Crippen LogP contribution in [0, 0.1) is 0 Å². The van der Waals surface area contributed by atoms with Gasteiger partial charge in [-0.15, -0.1) is 0 Å². The van der Waals surface area contributed by atoms with E-state index in [2.05, 4.69) is 10.3 Å². The van der Waals surface area contributed by atoms with Crippen molar-refractivity contribution in [3.05, 3.63) is 30.7 Å². The van der Waals surface area contributed by atoms with E-state index < -0.39 is 0 Å². The number of ether oxygens (including phenoxy) is 1. The molecule has 2 rings (SSSR count). The monoisotopic (exact) mass is 204 g/mol. The lowest BCUT2D eigenvalue weighted by molar-refractivity contribution is 0.416. The fourth-order valence-corrected chi connectivity index (χ4v) is 1.48. The molecule has 15 heavy (non-hydrogen) atoms. The molecule has 2 aromatic rings. The molecule has 0 saturated carbocycles. The van der Waals surface area contributed by atoms with Crippen LogP contribution in [0.1, 0.15) is 0 Å². The van der Waals surface area contributed by atoms with Crippen molar-refractivity contribution in [3.8, 4) is 17.2 Å². The number of oxazole rings is 1. The number of nitrogens with zero attached hydrogens (tertiary/aromatic N) is 1. The summed E-state index contributed by atoms with van der Waals surface area (Å²) in [6.07, 6.45) is 3.15. The minimum atomic E-state index is 0.559. The van der Waals surface area contributed by atoms with Crippen molar-refractivity contribution in [1.82, 2.24) is 4.98 Å². The molecule has 1 aromatic heterocycles. The van der Waals surface area contributed by atoms with E-state index in [1.54, 1.807) is 19.6 Å². The van der Waals surface area contributed by atoms with Crippen molar-refractivity contribution in [2.24, 2.45) is 0 Å². The normalized spacial score (nSPS) is 10.0. The number of hydrogen-bond donors (Lipinski definition) is 1. The van der Waals surface area contributed by atoms with Crippen LogP contribution in [0.3, 0.4) is 0 Å². The van der Waals surface area contributed by atoms with Gasteiger partial charge in [-0.1, -0.05) is 6.07 Å². The molecular weight excluding hydrogens is 192 g/mol. The molecule has 0 saturated heterocycles. The van der Waals surface area contributed by atoms with Crippen molar-refractivity contribution in [3.63, 3.8) is 0 Å². The van der Waals surface area contributed by atoms with Gasteiger partial charge >= 0.3 is 0 Å². The van der Waals surface area contributed by atoms with Gasteiger partial charge in [0.15, 0.2) is 5.75 Å². The molecule has 0 amide bonds. The van der Waals surface area contributed by atoms with E-state index in [1.165, 1.54) is 0 Å². The average molecular weight is 204 g/mol. The fraction of sp³-hybridized carbons (Fsp3) is 0.182. The molecule has 4 heteroatoms. The molecule has 4 nitrogen and oxygen atoms in total. The highest BCUT2D eigenvalue weighted by Gasteiger charge is 2.12. The first kappa shape index (κ1) is 9.58. The Kier molecular flexibility index (Phi) is 2.58. The Morgan fingerprint density at radius 2 is 2.27 bits per heavy atom. The second-order valence-electron chi connectivity index (χ2n) is 2.97. The molecule has 1 aromatic carbocycles. The standard InChI is InChI=1S/C11H12N2O2/c1-12-9-5-3-4-8(10(9)14-2)11-13-6-7-15-11/h3-7,12H,1-2H3. The van der Waals surface area contributed by atoms with Gasteiger partial charge in [-0.05, 0) is 12.1 Å². The SMILES string of the molecule is CNc1cccc(-c2ncco2)c1OC. The lowest BCUT2D eigenvalue weighted by Crippen LogP contribution is -1.95. The summed E-state index contributed by atoms with van der Waals surface area (Å²) in [6.45, 7) is 0. The topological polar surface area (TPSA) is 47.3 Å². The number of aromatic nitrogens is 1. The third kappa shape index (κ3) is 1.66. The maximum Gasteiger partial charge on any atom is 0.229 e. The van der Waals surface area contributed by atoms with Gasteiger partial charge in [-0.2, -0.15) is 0 Å². The number of nitrogens with one attached hydrogen (secondary N) is 1. The van der Waals surface area contributed by atoms with E-state index in [0.29, 0.717) is 5.89 Å². The summed E-state index contributed by atoms with van der Waals surface area (Å²) in [4.78, 5) is 4.10. The Morgan fingerprint density at radius 1 is 1.40 bits per heavy atom. The van der Waals surface area contributed by atoms with Crippen LogP contribution in [0.25, 0.3) is 11.5 Å². The number of rotatable bonds is 3. The summed E-state index contributed by atoms with van der Waals surface area (Å²) in [6, 6.07) is 5.77. The number of methoxy groups -OCH3 is 1. The second kappa shape index (κ2) is 4.04. The lowest BCUT2D eigenvalue weighted by Gasteiger charge is -2.10. The zero-order valence-electron chi connectivity index (χ0n) is 8.65. The molecule has 78 valence electrons. The van der Waals surface area contributed by atoms with Crippen LogP contribution in [0.15, 0.2) is 35.1 Å². The largest absolute Gasteiger partial charge is 0.494 e. The van der Waals surface area contributed by atoms with E-state index in [1.807, 2.05) is 25.2 Å². The smallest absolute Gasteiger partial charge is 0.229 e. The van der Waals surface area contributed by atoms with Crippen LogP contribution >= 0.6 is 0 Å². The van der Waals surface area contributed by atoms with Gasteiger partial charge in [0, 0.05) is 7.05 Å². The van der Waals surface area contributed by atoms with Crippen molar-refractivity contribution >= 4 is 5.69 Å². The summed E-state index contributed by atoms with van der Waals surface area (Å²) in [5.41, 5.74) is 1.75. The molecule has 0 atom stereocenters. The van der Waals surface area contributed by atoms with Crippen molar-refractivity contribution in [2.45, 2.75) is 0 Å². The van der Waals surface area contributed by atoms with Gasteiger partial charge in [0.2, 0.25) is 5.89 Å². The van der Waals surface area contributed by atoms with Gasteiger partial charge in [-0.25, -0.2) is 4.98 Å². The summed E-state index contributed by atoms with van der Waals surface area (Å²) in [5, 5.41) is 3.05. The van der Waals surface area contributed by atoms with Crippen LogP contribution in [0.4, 0.5) is 5.69 Å². The summed E-state index contributed by atoms with van der Waals surface area (Å²) >= 11 is 0. The highest BCUT2D eigenvalue weighted by molar-refractivity contribution is 5.73. The Bertz CT molecular complexity index is 438. The first-order chi connectivity index (χ1) is 7.36. The van der Waals surface area contributed by atoms with Gasteiger partial charge in [0.1, 0.15) is 6.26 Å². The zero-order chi connectivity index (χ0) is 10.7. The van der Waals surface area contributed by atoms with Crippen LogP contribution in [-0.4, -0.2) is 19.1 Å². The molecule has 0 radical (unpaired) electrons. The second-order valence-corrected chi connectivity index (χ2v) is 2.97. The number of anilines is 1. The van der Waals surface area contributed by atoms with Gasteiger partial charge in [-0.3, -0.25) is 0 Å². The molecule has 0 aliphatic carbocycles. The van der Waals surface area contributed by atoms with Crippen LogP contribution in [-0.2, 0) is 0 Å². The van der Waals surface area contributed by atoms with Crippen LogP contribution in [0.2, 0.25) is 0 Å². The van der Waals surface area contributed by atoms with Crippen molar-refractivity contribution in [2.75, 3.05) is 19.5 Å². The lowest BCUT2D eigenvalue weighted by atomic mass is 10.1. The number of hydrogen-bond acceptors (Lipinski definition) is 4. The first-order valence-corrected chi connectivity index (χ1v) is 4.61. The Labute approximate surface area is 87.9 Å². The van der Waals surface area contributed by atoms with E-state index in [9.17, 15) is 0 Å². The maximum atomic E-state index is 5.33. The minimum absolute atomic E-state index is 0.559. The number of para-hydroxylation sites is 1. The Hall–Kier alpha value is -1.97. The average Bonchev–Trinajstić information content (AvgIpc) is 2.81. The molecule has 0 fully saturated rings. The molecule has 1 N–H and O–H groups in total. The van der Waals surface area contributed by atoms with Crippen molar-refractivity contribution in [1.29, 1.82) is 0 Å². The predicted octanol–water partition coefficient (Wildman–Crippen LogP) is 2.39. The van der Waals surface area contributed by atoms with Gasteiger partial charge < -0.3 is 14.5 Å². The summed E-state index contributed by atoms with van der Waals surface area (Å²) in [5.74, 6) is 1.30. The maximum absolute atomic E-state index is 5.33. The van der Waals surface area contributed by atoms with Crippen molar-refractivity contribution < 1.29 is 9.15 Å². The molecule has 0 aliphatic rings. The molecular formula is C11H12N2O2. The van der Waals surface area contributed by atoms with Gasteiger partial charge in [0.25, 0.3) is 0 Å². The highest BCUT2D eigenvalue weighted by Crippen LogP contribution is 2.35. The third-order valence-corrected chi connectivity index (χ3v) is 2.15. The van der Waals surface area contributed by atoms with E-state index in [0.717, 1.165) is 17.0 Å². The Balaban J connectivity index is 2.56. The van der Waals surface area contributed by atoms with E-state index in [-0.39, 0.29) is 0 Å².